The summed E-state index contributed by atoms with van der Waals surface area (Å²) in [4.78, 5) is 42.4. The number of phenolic OH excluding ortho intramolecular Hbond substituents is 1. The Bertz CT molecular complexity index is 1460. The van der Waals surface area contributed by atoms with Gasteiger partial charge in [0.25, 0.3) is 0 Å². The van der Waals surface area contributed by atoms with Crippen molar-refractivity contribution >= 4 is 23.6 Å². The maximum Gasteiger partial charge on any atom is 0.305 e. The molecule has 0 spiro atoms. The summed E-state index contributed by atoms with van der Waals surface area (Å²) in [6.45, 7) is 2.00. The van der Waals surface area contributed by atoms with Gasteiger partial charge in [-0.2, -0.15) is 0 Å². The Morgan fingerprint density at radius 3 is 2.05 bits per heavy atom. The fraction of sp³-hybridized carbons (Fsp3) is 0.212. The highest BCUT2D eigenvalue weighted by Gasteiger charge is 2.26. The first-order valence-electron chi connectivity index (χ1n) is 13.7. The van der Waals surface area contributed by atoms with Gasteiger partial charge in [0.1, 0.15) is 17.6 Å². The molecule has 1 unspecified atom stereocenters. The summed E-state index contributed by atoms with van der Waals surface area (Å²) in [7, 11) is 0. The number of carboxylic acids is 1. The van der Waals surface area contributed by atoms with Crippen molar-refractivity contribution in [2.75, 3.05) is 11.9 Å². The van der Waals surface area contributed by atoms with E-state index in [4.69, 9.17) is 0 Å². The number of anilines is 1. The maximum absolute atomic E-state index is 13.4. The van der Waals surface area contributed by atoms with Gasteiger partial charge in [-0.3, -0.25) is 14.4 Å². The van der Waals surface area contributed by atoms with E-state index in [1.165, 1.54) is 12.1 Å². The highest BCUT2D eigenvalue weighted by molar-refractivity contribution is 5.90. The molecule has 0 aliphatic heterocycles. The third kappa shape index (κ3) is 8.41. The summed E-state index contributed by atoms with van der Waals surface area (Å²) in [5.74, 6) is -1.78. The number of hydrogen-bond donors (Lipinski definition) is 5. The molecule has 216 valence electrons. The summed E-state index contributed by atoms with van der Waals surface area (Å²) in [6.07, 6.45) is 1.76. The van der Waals surface area contributed by atoms with E-state index in [0.717, 1.165) is 11.1 Å². The number of aromatic nitrogens is 1. The number of pyridine rings is 1. The van der Waals surface area contributed by atoms with Crippen molar-refractivity contribution in [3.05, 3.63) is 114 Å². The largest absolute Gasteiger partial charge is 0.508 e. The van der Waals surface area contributed by atoms with E-state index in [1.807, 2.05) is 60.7 Å². The van der Waals surface area contributed by atoms with Gasteiger partial charge in [-0.1, -0.05) is 72.8 Å². The smallest absolute Gasteiger partial charge is 0.305 e. The van der Waals surface area contributed by atoms with Gasteiger partial charge in [-0.05, 0) is 59.9 Å². The Hall–Kier alpha value is -5.18. The zero-order chi connectivity index (χ0) is 29.9. The number of rotatable bonds is 13. The van der Waals surface area contributed by atoms with E-state index in [0.29, 0.717) is 29.9 Å². The molecular formula is C33H34N4O5. The van der Waals surface area contributed by atoms with Gasteiger partial charge in [0.15, 0.2) is 0 Å². The van der Waals surface area contributed by atoms with Gasteiger partial charge in [-0.15, -0.1) is 0 Å². The van der Waals surface area contributed by atoms with Crippen LogP contribution >= 0.6 is 0 Å². The quantitative estimate of drug-likeness (QED) is 0.155. The molecule has 4 aromatic rings. The first-order valence-corrected chi connectivity index (χ1v) is 13.7. The molecule has 0 aliphatic carbocycles. The molecule has 3 aromatic carbocycles. The molecule has 0 fully saturated rings. The summed E-state index contributed by atoms with van der Waals surface area (Å²) in [5.41, 5.74) is 3.32. The number of phenols is 1. The Morgan fingerprint density at radius 2 is 1.40 bits per heavy atom. The number of aromatic hydroxyl groups is 1. The molecule has 1 heterocycles. The average molecular weight is 567 g/mol. The molecule has 0 saturated heterocycles. The number of hydrogen-bond acceptors (Lipinski definition) is 6. The molecule has 1 aromatic heterocycles. The molecule has 3 atom stereocenters. The predicted octanol–water partition coefficient (Wildman–Crippen LogP) is 4.88. The van der Waals surface area contributed by atoms with Crippen molar-refractivity contribution in [1.29, 1.82) is 0 Å². The zero-order valence-corrected chi connectivity index (χ0v) is 23.2. The number of carbonyl (C=O) groups excluding carboxylic acids is 2. The number of aliphatic carboxylic acids is 1. The summed E-state index contributed by atoms with van der Waals surface area (Å²) in [5, 5.41) is 28.0. The second kappa shape index (κ2) is 14.5. The number of benzene rings is 3. The van der Waals surface area contributed by atoms with E-state index in [-0.39, 0.29) is 18.1 Å². The van der Waals surface area contributed by atoms with Gasteiger partial charge in [0, 0.05) is 12.7 Å². The number of carbonyl (C=O) groups is 3. The number of nitrogens with zero attached hydrogens (tertiary/aromatic N) is 1. The fourth-order valence-electron chi connectivity index (χ4n) is 4.61. The van der Waals surface area contributed by atoms with E-state index in [2.05, 4.69) is 20.9 Å². The van der Waals surface area contributed by atoms with Crippen LogP contribution in [-0.4, -0.2) is 45.6 Å². The highest BCUT2D eigenvalue weighted by Crippen LogP contribution is 2.25. The Labute approximate surface area is 244 Å². The predicted molar refractivity (Wildman–Crippen MR) is 161 cm³/mol. The van der Waals surface area contributed by atoms with Crippen LogP contribution < -0.4 is 16.0 Å². The molecule has 0 radical (unpaired) electrons. The van der Waals surface area contributed by atoms with Crippen LogP contribution in [0.5, 0.6) is 5.75 Å². The van der Waals surface area contributed by atoms with Crippen LogP contribution in [0.1, 0.15) is 42.9 Å². The summed E-state index contributed by atoms with van der Waals surface area (Å²) in [6, 6.07) is 27.3. The van der Waals surface area contributed by atoms with Gasteiger partial charge in [0.2, 0.25) is 11.8 Å². The van der Waals surface area contributed by atoms with Gasteiger partial charge < -0.3 is 26.2 Å². The van der Waals surface area contributed by atoms with E-state index < -0.39 is 29.9 Å². The molecule has 0 bridgehead atoms. The molecular weight excluding hydrogens is 532 g/mol. The van der Waals surface area contributed by atoms with Crippen LogP contribution in [0, 0.1) is 0 Å². The lowest BCUT2D eigenvalue weighted by molar-refractivity contribution is -0.138. The minimum atomic E-state index is -1.06. The van der Waals surface area contributed by atoms with Crippen molar-refractivity contribution in [3.8, 4) is 16.9 Å². The van der Waals surface area contributed by atoms with Crippen LogP contribution in [0.15, 0.2) is 103 Å². The molecule has 0 saturated carbocycles. The first-order chi connectivity index (χ1) is 20.3. The third-order valence-corrected chi connectivity index (χ3v) is 6.88. The molecule has 9 heteroatoms. The molecule has 4 rings (SSSR count). The van der Waals surface area contributed by atoms with Crippen LogP contribution in [-0.2, 0) is 14.4 Å². The molecule has 0 aliphatic rings. The second-order valence-corrected chi connectivity index (χ2v) is 9.95. The summed E-state index contributed by atoms with van der Waals surface area (Å²) < 4.78 is 0. The number of carboxylic acid groups (broad SMARTS) is 1. The summed E-state index contributed by atoms with van der Waals surface area (Å²) >= 11 is 0. The van der Waals surface area contributed by atoms with Crippen molar-refractivity contribution in [2.45, 2.75) is 37.8 Å². The van der Waals surface area contributed by atoms with Gasteiger partial charge in [-0.25, -0.2) is 4.98 Å². The Balaban J connectivity index is 1.42. The lowest BCUT2D eigenvalue weighted by Crippen LogP contribution is -2.47. The SMILES string of the molecule is C[C@H](NC(=O)[C@@H](CCNc1ccccn1)c1ccc(O)cc1)C(=O)NC(CC(=O)O)c1ccc(-c2ccccc2)cc1. The van der Waals surface area contributed by atoms with Gasteiger partial charge in [0.05, 0.1) is 18.4 Å². The Kier molecular flexibility index (Phi) is 10.3. The van der Waals surface area contributed by atoms with E-state index in [1.54, 1.807) is 37.4 Å². The van der Waals surface area contributed by atoms with Crippen LogP contribution in [0.2, 0.25) is 0 Å². The molecule has 9 nitrogen and oxygen atoms in total. The molecule has 42 heavy (non-hydrogen) atoms. The van der Waals surface area contributed by atoms with Crippen molar-refractivity contribution in [3.63, 3.8) is 0 Å². The van der Waals surface area contributed by atoms with E-state index >= 15 is 0 Å². The van der Waals surface area contributed by atoms with Crippen LogP contribution in [0.4, 0.5) is 5.82 Å². The van der Waals surface area contributed by atoms with Crippen molar-refractivity contribution < 1.29 is 24.6 Å². The molecule has 2 amide bonds. The average Bonchev–Trinajstić information content (AvgIpc) is 3.00. The van der Waals surface area contributed by atoms with Gasteiger partial charge >= 0.3 is 5.97 Å². The minimum Gasteiger partial charge on any atom is -0.508 e. The van der Waals surface area contributed by atoms with E-state index in [9.17, 15) is 24.6 Å². The number of amides is 2. The number of nitrogens with one attached hydrogen (secondary N) is 3. The van der Waals surface area contributed by atoms with Crippen molar-refractivity contribution in [1.82, 2.24) is 15.6 Å². The standard InChI is InChI=1S/C33H34N4O5/c1-22(32(41)37-29(21-31(39)40)26-12-10-24(11-13-26)23-7-3-2-4-8-23)36-33(42)28(25-14-16-27(38)17-15-25)18-20-35-30-9-5-6-19-34-30/h2-17,19,22,28-29,38H,18,20-21H2,1H3,(H,34,35)(H,36,42)(H,37,41)(H,39,40)/t22-,28-,29?/m0/s1. The highest BCUT2D eigenvalue weighted by atomic mass is 16.4. The lowest BCUT2D eigenvalue weighted by atomic mass is 9.94. The molecule has 5 N–H and O–H groups in total. The topological polar surface area (TPSA) is 141 Å². The minimum absolute atomic E-state index is 0.0820. The Morgan fingerprint density at radius 1 is 0.762 bits per heavy atom. The first kappa shape index (κ1) is 29.8. The van der Waals surface area contributed by atoms with Crippen molar-refractivity contribution in [2.24, 2.45) is 0 Å². The second-order valence-electron chi connectivity index (χ2n) is 9.95. The lowest BCUT2D eigenvalue weighted by Gasteiger charge is -2.23. The van der Waals surface area contributed by atoms with Crippen LogP contribution in [0.3, 0.4) is 0 Å². The normalized spacial score (nSPS) is 12.9. The monoisotopic (exact) mass is 566 g/mol. The third-order valence-electron chi connectivity index (χ3n) is 6.88. The fourth-order valence-corrected chi connectivity index (χ4v) is 4.61. The maximum atomic E-state index is 13.4. The zero-order valence-electron chi connectivity index (χ0n) is 23.2. The van der Waals surface area contributed by atoms with Crippen LogP contribution in [0.25, 0.3) is 11.1 Å².